The second-order valence-electron chi connectivity index (χ2n) is 6.46. The molecule has 0 bridgehead atoms. The van der Waals surface area contributed by atoms with E-state index in [1.54, 1.807) is 44.4 Å². The number of rotatable bonds is 5. The fraction of sp³-hybridized carbons (Fsp3) is 0.300. The van der Waals surface area contributed by atoms with Crippen LogP contribution in [0.4, 0.5) is 0 Å². The van der Waals surface area contributed by atoms with Gasteiger partial charge in [0.1, 0.15) is 6.54 Å². The van der Waals surface area contributed by atoms with Crippen LogP contribution >= 0.6 is 0 Å². The molecule has 0 aliphatic rings. The van der Waals surface area contributed by atoms with E-state index < -0.39 is 0 Å². The van der Waals surface area contributed by atoms with Crippen LogP contribution in [0.1, 0.15) is 22.8 Å². The van der Waals surface area contributed by atoms with Crippen molar-refractivity contribution in [2.24, 2.45) is 0 Å². The third-order valence-electron chi connectivity index (χ3n) is 4.20. The first kappa shape index (κ1) is 18.6. The fourth-order valence-electron chi connectivity index (χ4n) is 2.88. The van der Waals surface area contributed by atoms with E-state index in [2.05, 4.69) is 5.10 Å². The number of hydrogen-bond acceptors (Lipinski definition) is 5. The lowest BCUT2D eigenvalue weighted by atomic mass is 10.0. The van der Waals surface area contributed by atoms with Crippen LogP contribution in [0.25, 0.3) is 22.2 Å². The molecule has 0 N–H and O–H groups in total. The van der Waals surface area contributed by atoms with Crippen LogP contribution in [-0.4, -0.2) is 52.2 Å². The highest BCUT2D eigenvalue weighted by Crippen LogP contribution is 2.27. The first-order valence-electron chi connectivity index (χ1n) is 8.71. The minimum atomic E-state index is -0.349. The Bertz CT molecular complexity index is 1010. The summed E-state index contributed by atoms with van der Waals surface area (Å²) in [7, 11) is 3.45. The predicted molar refractivity (Wildman–Crippen MR) is 102 cm³/mol. The van der Waals surface area contributed by atoms with Crippen molar-refractivity contribution in [3.8, 4) is 11.3 Å². The summed E-state index contributed by atoms with van der Waals surface area (Å²) in [4.78, 5) is 30.6. The number of carbonyl (C=O) groups is 2. The number of aromatic nitrogens is 3. The standard InChI is InChI=1S/C20H22N4O3/c1-5-27-18(25)12-24-11-14(10-21-24)17-9-16(20(26)23(3)4)15-8-6-7-13(2)19(15)22-17/h6-11H,5,12H2,1-4H3. The van der Waals surface area contributed by atoms with Crippen molar-refractivity contribution in [2.45, 2.75) is 20.4 Å². The summed E-state index contributed by atoms with van der Waals surface area (Å²) in [6, 6.07) is 7.56. The van der Waals surface area contributed by atoms with Gasteiger partial charge in [-0.15, -0.1) is 0 Å². The molecule has 2 aromatic heterocycles. The van der Waals surface area contributed by atoms with Gasteiger partial charge in [-0.05, 0) is 25.5 Å². The van der Waals surface area contributed by atoms with E-state index in [0.29, 0.717) is 17.9 Å². The number of aryl methyl sites for hydroxylation is 1. The average Bonchev–Trinajstić information content (AvgIpc) is 3.09. The van der Waals surface area contributed by atoms with E-state index in [0.717, 1.165) is 22.0 Å². The smallest absolute Gasteiger partial charge is 0.327 e. The summed E-state index contributed by atoms with van der Waals surface area (Å²) >= 11 is 0. The van der Waals surface area contributed by atoms with Crippen LogP contribution in [0.15, 0.2) is 36.7 Å². The summed E-state index contributed by atoms with van der Waals surface area (Å²) in [5.74, 6) is -0.439. The van der Waals surface area contributed by atoms with Crippen LogP contribution in [0.5, 0.6) is 0 Å². The molecule has 0 atom stereocenters. The number of nitrogens with zero attached hydrogens (tertiary/aromatic N) is 4. The summed E-state index contributed by atoms with van der Waals surface area (Å²) in [6.45, 7) is 4.09. The number of hydrogen-bond donors (Lipinski definition) is 0. The normalized spacial score (nSPS) is 10.8. The van der Waals surface area contributed by atoms with Gasteiger partial charge < -0.3 is 9.64 Å². The van der Waals surface area contributed by atoms with Crippen LogP contribution < -0.4 is 0 Å². The number of esters is 1. The third-order valence-corrected chi connectivity index (χ3v) is 4.20. The molecule has 0 spiro atoms. The lowest BCUT2D eigenvalue weighted by molar-refractivity contribution is -0.144. The molecule has 27 heavy (non-hydrogen) atoms. The molecule has 0 aliphatic carbocycles. The van der Waals surface area contributed by atoms with Gasteiger partial charge in [-0.1, -0.05) is 18.2 Å². The first-order valence-corrected chi connectivity index (χ1v) is 8.71. The highest BCUT2D eigenvalue weighted by atomic mass is 16.5. The molecule has 3 rings (SSSR count). The zero-order valence-electron chi connectivity index (χ0n) is 15.9. The Kier molecular flexibility index (Phi) is 5.21. The van der Waals surface area contributed by atoms with Crippen LogP contribution in [0.3, 0.4) is 0 Å². The van der Waals surface area contributed by atoms with Gasteiger partial charge in [0, 0.05) is 31.2 Å². The van der Waals surface area contributed by atoms with Crippen molar-refractivity contribution >= 4 is 22.8 Å². The van der Waals surface area contributed by atoms with Crippen molar-refractivity contribution in [3.63, 3.8) is 0 Å². The molecule has 3 aromatic rings. The molecule has 0 fully saturated rings. The Morgan fingerprint density at radius 1 is 1.26 bits per heavy atom. The van der Waals surface area contributed by atoms with E-state index in [1.165, 1.54) is 4.68 Å². The van der Waals surface area contributed by atoms with Crippen molar-refractivity contribution in [2.75, 3.05) is 20.7 Å². The Morgan fingerprint density at radius 3 is 2.74 bits per heavy atom. The zero-order chi connectivity index (χ0) is 19.6. The summed E-state index contributed by atoms with van der Waals surface area (Å²) in [6.07, 6.45) is 3.36. The van der Waals surface area contributed by atoms with Crippen molar-refractivity contribution < 1.29 is 14.3 Å². The quantitative estimate of drug-likeness (QED) is 0.649. The minimum absolute atomic E-state index is 0.0317. The number of amides is 1. The first-order chi connectivity index (χ1) is 12.9. The van der Waals surface area contributed by atoms with E-state index in [4.69, 9.17) is 9.72 Å². The monoisotopic (exact) mass is 366 g/mol. The van der Waals surface area contributed by atoms with Gasteiger partial charge in [-0.2, -0.15) is 5.10 Å². The molecule has 0 radical (unpaired) electrons. The molecule has 7 heteroatoms. The van der Waals surface area contributed by atoms with Crippen molar-refractivity contribution in [3.05, 3.63) is 47.8 Å². The maximum atomic E-state index is 12.7. The highest BCUT2D eigenvalue weighted by Gasteiger charge is 2.17. The Hall–Kier alpha value is -3.22. The van der Waals surface area contributed by atoms with E-state index >= 15 is 0 Å². The average molecular weight is 366 g/mol. The maximum absolute atomic E-state index is 12.7. The fourth-order valence-corrected chi connectivity index (χ4v) is 2.88. The van der Waals surface area contributed by atoms with E-state index in [-0.39, 0.29) is 18.4 Å². The van der Waals surface area contributed by atoms with E-state index in [1.807, 2.05) is 25.1 Å². The Balaban J connectivity index is 2.07. The number of pyridine rings is 1. The lowest BCUT2D eigenvalue weighted by Gasteiger charge is -2.14. The van der Waals surface area contributed by atoms with Gasteiger partial charge in [0.25, 0.3) is 5.91 Å². The largest absolute Gasteiger partial charge is 0.465 e. The van der Waals surface area contributed by atoms with Gasteiger partial charge in [0.2, 0.25) is 0 Å². The minimum Gasteiger partial charge on any atom is -0.465 e. The number of carbonyl (C=O) groups excluding carboxylic acids is 2. The van der Waals surface area contributed by atoms with Gasteiger partial charge >= 0.3 is 5.97 Å². The zero-order valence-corrected chi connectivity index (χ0v) is 15.9. The molecule has 0 unspecified atom stereocenters. The Labute approximate surface area is 157 Å². The van der Waals surface area contributed by atoms with Gasteiger partial charge in [0.05, 0.1) is 29.6 Å². The topological polar surface area (TPSA) is 77.3 Å². The van der Waals surface area contributed by atoms with Gasteiger partial charge in [-0.3, -0.25) is 14.3 Å². The molecule has 2 heterocycles. The molecule has 0 saturated heterocycles. The molecule has 1 amide bonds. The van der Waals surface area contributed by atoms with E-state index in [9.17, 15) is 9.59 Å². The summed E-state index contributed by atoms with van der Waals surface area (Å²) in [5.41, 5.74) is 3.72. The predicted octanol–water partition coefficient (Wildman–Crippen LogP) is 2.67. The third kappa shape index (κ3) is 3.81. The number of fused-ring (bicyclic) bond motifs is 1. The second-order valence-corrected chi connectivity index (χ2v) is 6.46. The van der Waals surface area contributed by atoms with Crippen LogP contribution in [0, 0.1) is 6.92 Å². The molecular formula is C20H22N4O3. The number of ether oxygens (including phenoxy) is 1. The molecule has 7 nitrogen and oxygen atoms in total. The molecule has 0 aliphatic heterocycles. The second kappa shape index (κ2) is 7.57. The molecule has 140 valence electrons. The lowest BCUT2D eigenvalue weighted by Crippen LogP contribution is -2.22. The maximum Gasteiger partial charge on any atom is 0.327 e. The van der Waals surface area contributed by atoms with Gasteiger partial charge in [0.15, 0.2) is 0 Å². The number of benzene rings is 1. The van der Waals surface area contributed by atoms with Gasteiger partial charge in [-0.25, -0.2) is 4.98 Å². The van der Waals surface area contributed by atoms with Crippen molar-refractivity contribution in [1.82, 2.24) is 19.7 Å². The van der Waals surface area contributed by atoms with Crippen LogP contribution in [-0.2, 0) is 16.1 Å². The molecular weight excluding hydrogens is 344 g/mol. The SMILES string of the molecule is CCOC(=O)Cn1cc(-c2cc(C(=O)N(C)C)c3cccc(C)c3n2)cn1. The number of para-hydroxylation sites is 1. The Morgan fingerprint density at radius 2 is 2.04 bits per heavy atom. The summed E-state index contributed by atoms with van der Waals surface area (Å²) in [5, 5.41) is 5.02. The summed E-state index contributed by atoms with van der Waals surface area (Å²) < 4.78 is 6.45. The van der Waals surface area contributed by atoms with Crippen LogP contribution in [0.2, 0.25) is 0 Å². The molecule has 0 saturated carbocycles. The molecule has 1 aromatic carbocycles. The van der Waals surface area contributed by atoms with Crippen molar-refractivity contribution in [1.29, 1.82) is 0 Å². The highest BCUT2D eigenvalue weighted by molar-refractivity contribution is 6.07.